The second kappa shape index (κ2) is 6.70. The zero-order chi connectivity index (χ0) is 14.5. The molecule has 4 heteroatoms. The van der Waals surface area contributed by atoms with E-state index >= 15 is 0 Å². The first kappa shape index (κ1) is 14.0. The summed E-state index contributed by atoms with van der Waals surface area (Å²) in [4.78, 5) is 12.0. The van der Waals surface area contributed by atoms with Gasteiger partial charge in [0.25, 0.3) is 0 Å². The van der Waals surface area contributed by atoms with Crippen LogP contribution in [-0.4, -0.2) is 38.3 Å². The number of ether oxygens (including phenoxy) is 1. The Balaban J connectivity index is 1.55. The van der Waals surface area contributed by atoms with E-state index < -0.39 is 0 Å². The zero-order valence-corrected chi connectivity index (χ0v) is 12.0. The lowest BCUT2D eigenvalue weighted by molar-refractivity contribution is -0.120. The number of nitrogens with one attached hydrogen (secondary N) is 2. The maximum Gasteiger partial charge on any atom is 0.224 e. The van der Waals surface area contributed by atoms with Gasteiger partial charge >= 0.3 is 0 Å². The van der Waals surface area contributed by atoms with Crippen LogP contribution in [0.1, 0.15) is 5.56 Å². The number of carbonyl (C=O) groups excluding carboxylic acids is 1. The predicted molar refractivity (Wildman–Crippen MR) is 83.3 cm³/mol. The maximum absolute atomic E-state index is 12.0. The number of amides is 1. The summed E-state index contributed by atoms with van der Waals surface area (Å²) in [7, 11) is 0. The number of fused-ring (bicyclic) bond motifs is 1. The first-order valence-corrected chi connectivity index (χ1v) is 7.37. The number of morpholine rings is 1. The molecule has 110 valence electrons. The number of hydrogen-bond acceptors (Lipinski definition) is 3. The molecule has 0 aliphatic carbocycles. The molecule has 2 aromatic carbocycles. The van der Waals surface area contributed by atoms with E-state index in [1.807, 2.05) is 18.2 Å². The predicted octanol–water partition coefficient (Wildman–Crippen LogP) is 1.49. The van der Waals surface area contributed by atoms with Gasteiger partial charge in [-0.3, -0.25) is 4.79 Å². The SMILES string of the molecule is O=C(Cc1ccc2ccccc2c1)NCC1COCCN1. The van der Waals surface area contributed by atoms with Crippen LogP contribution in [0.25, 0.3) is 10.8 Å². The number of carbonyl (C=O) groups is 1. The maximum atomic E-state index is 12.0. The molecule has 4 nitrogen and oxygen atoms in total. The molecule has 2 N–H and O–H groups in total. The summed E-state index contributed by atoms with van der Waals surface area (Å²) in [6.45, 7) is 2.88. The van der Waals surface area contributed by atoms with Crippen molar-refractivity contribution in [3.63, 3.8) is 0 Å². The van der Waals surface area contributed by atoms with E-state index in [1.54, 1.807) is 0 Å². The van der Waals surface area contributed by atoms with Crippen LogP contribution in [-0.2, 0) is 16.0 Å². The van der Waals surface area contributed by atoms with Crippen LogP contribution in [0, 0.1) is 0 Å². The van der Waals surface area contributed by atoms with Crippen LogP contribution in [0.4, 0.5) is 0 Å². The van der Waals surface area contributed by atoms with E-state index in [4.69, 9.17) is 4.74 Å². The van der Waals surface area contributed by atoms with E-state index in [2.05, 4.69) is 34.9 Å². The Morgan fingerprint density at radius 2 is 2.10 bits per heavy atom. The third-order valence-electron chi connectivity index (χ3n) is 3.72. The molecule has 2 aromatic rings. The van der Waals surface area contributed by atoms with Crippen molar-refractivity contribution in [3.8, 4) is 0 Å². The Morgan fingerprint density at radius 1 is 1.24 bits per heavy atom. The van der Waals surface area contributed by atoms with Crippen molar-refractivity contribution in [3.05, 3.63) is 48.0 Å². The molecule has 1 fully saturated rings. The monoisotopic (exact) mass is 284 g/mol. The van der Waals surface area contributed by atoms with Gasteiger partial charge in [-0.15, -0.1) is 0 Å². The highest BCUT2D eigenvalue weighted by molar-refractivity contribution is 5.85. The van der Waals surface area contributed by atoms with Gasteiger partial charge in [-0.05, 0) is 16.3 Å². The fourth-order valence-corrected chi connectivity index (χ4v) is 2.58. The standard InChI is InChI=1S/C17H20N2O2/c20-17(19-11-16-12-21-8-7-18-16)10-13-5-6-14-3-1-2-4-15(14)9-13/h1-6,9,16,18H,7-8,10-12H2,(H,19,20). The molecule has 1 saturated heterocycles. The number of hydrogen-bond donors (Lipinski definition) is 2. The lowest BCUT2D eigenvalue weighted by Gasteiger charge is -2.23. The molecule has 21 heavy (non-hydrogen) atoms. The molecule has 1 amide bonds. The van der Waals surface area contributed by atoms with Gasteiger partial charge in [0.05, 0.1) is 19.6 Å². The highest BCUT2D eigenvalue weighted by Crippen LogP contribution is 2.15. The van der Waals surface area contributed by atoms with Crippen molar-refractivity contribution in [1.29, 1.82) is 0 Å². The Kier molecular flexibility index (Phi) is 4.48. The summed E-state index contributed by atoms with van der Waals surface area (Å²) in [6, 6.07) is 14.6. The van der Waals surface area contributed by atoms with Gasteiger partial charge < -0.3 is 15.4 Å². The Bertz CT molecular complexity index is 621. The smallest absolute Gasteiger partial charge is 0.224 e. The molecule has 1 unspecified atom stereocenters. The summed E-state index contributed by atoms with van der Waals surface area (Å²) in [5, 5.41) is 8.66. The van der Waals surface area contributed by atoms with E-state index in [9.17, 15) is 4.79 Å². The van der Waals surface area contributed by atoms with Gasteiger partial charge in [-0.25, -0.2) is 0 Å². The van der Waals surface area contributed by atoms with Crippen LogP contribution < -0.4 is 10.6 Å². The second-order valence-electron chi connectivity index (χ2n) is 5.39. The van der Waals surface area contributed by atoms with E-state index in [0.717, 1.165) is 18.7 Å². The van der Waals surface area contributed by atoms with E-state index in [0.29, 0.717) is 19.6 Å². The lowest BCUT2D eigenvalue weighted by atomic mass is 10.0. The molecular formula is C17H20N2O2. The summed E-state index contributed by atoms with van der Waals surface area (Å²) >= 11 is 0. The van der Waals surface area contributed by atoms with E-state index in [1.165, 1.54) is 10.8 Å². The fourth-order valence-electron chi connectivity index (χ4n) is 2.58. The van der Waals surface area contributed by atoms with Gasteiger partial charge in [0.15, 0.2) is 0 Å². The minimum Gasteiger partial charge on any atom is -0.378 e. The summed E-state index contributed by atoms with van der Waals surface area (Å²) < 4.78 is 5.37. The van der Waals surface area contributed by atoms with Crippen LogP contribution in [0.15, 0.2) is 42.5 Å². The molecule has 0 aromatic heterocycles. The molecule has 3 rings (SSSR count). The van der Waals surface area contributed by atoms with Crippen LogP contribution in [0.5, 0.6) is 0 Å². The van der Waals surface area contributed by atoms with Gasteiger partial charge in [-0.1, -0.05) is 42.5 Å². The third kappa shape index (κ3) is 3.80. The zero-order valence-electron chi connectivity index (χ0n) is 12.0. The molecule has 1 aliphatic heterocycles. The molecule has 1 atom stereocenters. The summed E-state index contributed by atoms with van der Waals surface area (Å²) in [5.74, 6) is 0.0534. The highest BCUT2D eigenvalue weighted by atomic mass is 16.5. The van der Waals surface area contributed by atoms with Gasteiger partial charge in [0, 0.05) is 19.1 Å². The lowest BCUT2D eigenvalue weighted by Crippen LogP contribution is -2.48. The quantitative estimate of drug-likeness (QED) is 0.894. The fraction of sp³-hybridized carbons (Fsp3) is 0.353. The van der Waals surface area contributed by atoms with Crippen molar-refractivity contribution in [2.75, 3.05) is 26.3 Å². The summed E-state index contributed by atoms with van der Waals surface area (Å²) in [6.07, 6.45) is 0.415. The van der Waals surface area contributed by atoms with Gasteiger partial charge in [0.1, 0.15) is 0 Å². The third-order valence-corrected chi connectivity index (χ3v) is 3.72. The second-order valence-corrected chi connectivity index (χ2v) is 5.39. The minimum atomic E-state index is 0.0534. The van der Waals surface area contributed by atoms with E-state index in [-0.39, 0.29) is 11.9 Å². The average Bonchev–Trinajstić information content (AvgIpc) is 2.54. The van der Waals surface area contributed by atoms with Gasteiger partial charge in [0.2, 0.25) is 5.91 Å². The highest BCUT2D eigenvalue weighted by Gasteiger charge is 2.13. The molecule has 1 heterocycles. The Labute approximate surface area is 124 Å². The largest absolute Gasteiger partial charge is 0.378 e. The number of rotatable bonds is 4. The molecule has 0 radical (unpaired) electrons. The molecule has 0 saturated carbocycles. The Hall–Kier alpha value is -1.91. The minimum absolute atomic E-state index is 0.0534. The molecular weight excluding hydrogens is 264 g/mol. The van der Waals surface area contributed by atoms with Crippen molar-refractivity contribution in [1.82, 2.24) is 10.6 Å². The molecule has 1 aliphatic rings. The van der Waals surface area contributed by atoms with Crippen molar-refractivity contribution in [2.24, 2.45) is 0 Å². The van der Waals surface area contributed by atoms with Crippen molar-refractivity contribution in [2.45, 2.75) is 12.5 Å². The van der Waals surface area contributed by atoms with Crippen LogP contribution in [0.2, 0.25) is 0 Å². The molecule has 0 bridgehead atoms. The van der Waals surface area contributed by atoms with Crippen molar-refractivity contribution < 1.29 is 9.53 Å². The van der Waals surface area contributed by atoms with Crippen LogP contribution in [0.3, 0.4) is 0 Å². The normalized spacial score (nSPS) is 18.6. The Morgan fingerprint density at radius 3 is 2.90 bits per heavy atom. The number of benzene rings is 2. The van der Waals surface area contributed by atoms with Crippen molar-refractivity contribution >= 4 is 16.7 Å². The van der Waals surface area contributed by atoms with Gasteiger partial charge in [-0.2, -0.15) is 0 Å². The summed E-state index contributed by atoms with van der Waals surface area (Å²) in [5.41, 5.74) is 1.04. The molecule has 0 spiro atoms. The first-order valence-electron chi connectivity index (χ1n) is 7.37. The first-order chi connectivity index (χ1) is 10.3. The average molecular weight is 284 g/mol. The van der Waals surface area contributed by atoms with Crippen LogP contribution >= 0.6 is 0 Å². The topological polar surface area (TPSA) is 50.4 Å².